The number of nitrogens with two attached hydrogens (primary N) is 1. The van der Waals surface area contributed by atoms with Crippen molar-refractivity contribution in [3.63, 3.8) is 0 Å². The highest BCUT2D eigenvalue weighted by Gasteiger charge is 2.14. The first-order valence-corrected chi connectivity index (χ1v) is 5.27. The van der Waals surface area contributed by atoms with Gasteiger partial charge < -0.3 is 15.8 Å². The van der Waals surface area contributed by atoms with Crippen molar-refractivity contribution in [2.75, 3.05) is 13.7 Å². The predicted octanol–water partition coefficient (Wildman–Crippen LogP) is -0.154. The predicted molar refractivity (Wildman–Crippen MR) is 63.1 cm³/mol. The topological polar surface area (TPSA) is 81.4 Å². The van der Waals surface area contributed by atoms with E-state index in [1.165, 1.54) is 7.11 Å². The van der Waals surface area contributed by atoms with Crippen LogP contribution in [-0.2, 0) is 20.7 Å². The minimum absolute atomic E-state index is 0.155. The maximum absolute atomic E-state index is 11.5. The average Bonchev–Trinajstić information content (AvgIpc) is 2.36. The molecule has 92 valence electrons. The minimum atomic E-state index is -0.665. The number of carbonyl (C=O) groups excluding carboxylic acids is 2. The van der Waals surface area contributed by atoms with Crippen LogP contribution in [0.25, 0.3) is 0 Å². The average molecular weight is 236 g/mol. The monoisotopic (exact) mass is 236 g/mol. The molecular formula is C12H16N2O3. The lowest BCUT2D eigenvalue weighted by Crippen LogP contribution is -2.44. The number of benzene rings is 1. The molecule has 1 rings (SSSR count). The molecule has 0 aliphatic carbocycles. The second-order valence-electron chi connectivity index (χ2n) is 3.59. The second-order valence-corrected chi connectivity index (χ2v) is 3.59. The van der Waals surface area contributed by atoms with Crippen molar-refractivity contribution in [2.45, 2.75) is 12.5 Å². The molecule has 17 heavy (non-hydrogen) atoms. The van der Waals surface area contributed by atoms with Gasteiger partial charge in [0.2, 0.25) is 5.91 Å². The van der Waals surface area contributed by atoms with Crippen LogP contribution in [0.2, 0.25) is 0 Å². The number of rotatable bonds is 5. The minimum Gasteiger partial charge on any atom is -0.468 e. The molecule has 5 nitrogen and oxygen atoms in total. The summed E-state index contributed by atoms with van der Waals surface area (Å²) in [6, 6.07) is 8.79. The largest absolute Gasteiger partial charge is 0.468 e. The SMILES string of the molecule is COC(=O)CNC(=O)[C@H](N)Cc1ccccc1. The smallest absolute Gasteiger partial charge is 0.325 e. The van der Waals surface area contributed by atoms with Gasteiger partial charge in [-0.3, -0.25) is 9.59 Å². The van der Waals surface area contributed by atoms with Gasteiger partial charge in [-0.25, -0.2) is 0 Å². The van der Waals surface area contributed by atoms with E-state index in [9.17, 15) is 9.59 Å². The zero-order valence-corrected chi connectivity index (χ0v) is 9.68. The number of nitrogens with one attached hydrogen (secondary N) is 1. The van der Waals surface area contributed by atoms with E-state index in [0.29, 0.717) is 6.42 Å². The van der Waals surface area contributed by atoms with E-state index in [0.717, 1.165) is 5.56 Å². The highest BCUT2D eigenvalue weighted by molar-refractivity contribution is 5.85. The van der Waals surface area contributed by atoms with Crippen molar-refractivity contribution >= 4 is 11.9 Å². The van der Waals surface area contributed by atoms with Gasteiger partial charge in [-0.2, -0.15) is 0 Å². The molecule has 0 spiro atoms. The molecule has 0 aliphatic heterocycles. The highest BCUT2D eigenvalue weighted by atomic mass is 16.5. The Bertz CT molecular complexity index is 379. The van der Waals surface area contributed by atoms with Gasteiger partial charge in [-0.15, -0.1) is 0 Å². The highest BCUT2D eigenvalue weighted by Crippen LogP contribution is 2.01. The standard InChI is InChI=1S/C12H16N2O3/c1-17-11(15)8-14-12(16)10(13)7-9-5-3-2-4-6-9/h2-6,10H,7-8,13H2,1H3,(H,14,16)/t10-/m1/s1. The summed E-state index contributed by atoms with van der Waals surface area (Å²) in [6.07, 6.45) is 0.438. The number of methoxy groups -OCH3 is 1. The summed E-state index contributed by atoms with van der Waals surface area (Å²) >= 11 is 0. The van der Waals surface area contributed by atoms with Gasteiger partial charge in [-0.1, -0.05) is 30.3 Å². The van der Waals surface area contributed by atoms with Crippen LogP contribution in [0.15, 0.2) is 30.3 Å². The summed E-state index contributed by atoms with van der Waals surface area (Å²) < 4.78 is 4.40. The Morgan fingerprint density at radius 2 is 2.00 bits per heavy atom. The van der Waals surface area contributed by atoms with Crippen LogP contribution >= 0.6 is 0 Å². The molecule has 1 atom stereocenters. The maximum Gasteiger partial charge on any atom is 0.325 e. The lowest BCUT2D eigenvalue weighted by molar-refractivity contribution is -0.141. The Balaban J connectivity index is 2.40. The molecule has 0 aromatic heterocycles. The van der Waals surface area contributed by atoms with Crippen molar-refractivity contribution in [3.8, 4) is 0 Å². The number of hydrogen-bond acceptors (Lipinski definition) is 4. The molecular weight excluding hydrogens is 220 g/mol. The van der Waals surface area contributed by atoms with Crippen molar-refractivity contribution in [1.29, 1.82) is 0 Å². The molecule has 0 saturated carbocycles. The molecule has 0 saturated heterocycles. The first-order chi connectivity index (χ1) is 8.13. The molecule has 1 aromatic carbocycles. The lowest BCUT2D eigenvalue weighted by Gasteiger charge is -2.11. The molecule has 0 aliphatic rings. The van der Waals surface area contributed by atoms with Crippen molar-refractivity contribution < 1.29 is 14.3 Å². The lowest BCUT2D eigenvalue weighted by atomic mass is 10.1. The Morgan fingerprint density at radius 1 is 1.35 bits per heavy atom. The molecule has 3 N–H and O–H groups in total. The van der Waals surface area contributed by atoms with Crippen LogP contribution in [0, 0.1) is 0 Å². The molecule has 1 amide bonds. The van der Waals surface area contributed by atoms with Crippen LogP contribution in [0.4, 0.5) is 0 Å². The van der Waals surface area contributed by atoms with Gasteiger partial charge in [0, 0.05) is 0 Å². The number of amides is 1. The van der Waals surface area contributed by atoms with E-state index >= 15 is 0 Å². The normalized spacial score (nSPS) is 11.6. The van der Waals surface area contributed by atoms with Gasteiger partial charge in [0.05, 0.1) is 13.2 Å². The molecule has 5 heteroatoms. The van der Waals surface area contributed by atoms with E-state index in [1.54, 1.807) is 0 Å². The summed E-state index contributed by atoms with van der Waals surface area (Å²) in [4.78, 5) is 22.3. The number of ether oxygens (including phenoxy) is 1. The zero-order chi connectivity index (χ0) is 12.7. The molecule has 0 unspecified atom stereocenters. The number of carbonyl (C=O) groups is 2. The summed E-state index contributed by atoms with van der Waals surface area (Å²) in [6.45, 7) is -0.155. The quantitative estimate of drug-likeness (QED) is 0.696. The Morgan fingerprint density at radius 3 is 2.59 bits per heavy atom. The number of esters is 1. The van der Waals surface area contributed by atoms with Crippen molar-refractivity contribution in [2.24, 2.45) is 5.73 Å². The zero-order valence-electron chi connectivity index (χ0n) is 9.68. The molecule has 0 radical (unpaired) electrons. The van der Waals surface area contributed by atoms with E-state index in [1.807, 2.05) is 30.3 Å². The van der Waals surface area contributed by atoms with E-state index in [4.69, 9.17) is 5.73 Å². The molecule has 0 bridgehead atoms. The van der Waals surface area contributed by atoms with Gasteiger partial charge in [0.25, 0.3) is 0 Å². The van der Waals surface area contributed by atoms with Crippen LogP contribution in [-0.4, -0.2) is 31.6 Å². The first kappa shape index (κ1) is 13.2. The van der Waals surface area contributed by atoms with Crippen LogP contribution in [0.1, 0.15) is 5.56 Å². The second kappa shape index (κ2) is 6.65. The van der Waals surface area contributed by atoms with Gasteiger partial charge in [0.15, 0.2) is 0 Å². The Labute approximate surface area is 99.9 Å². The third-order valence-corrected chi connectivity index (χ3v) is 2.27. The fourth-order valence-corrected chi connectivity index (χ4v) is 1.32. The fraction of sp³-hybridized carbons (Fsp3) is 0.333. The summed E-state index contributed by atoms with van der Waals surface area (Å²) in [5, 5.41) is 2.41. The van der Waals surface area contributed by atoms with Gasteiger partial charge >= 0.3 is 5.97 Å². The first-order valence-electron chi connectivity index (χ1n) is 5.27. The van der Waals surface area contributed by atoms with E-state index < -0.39 is 12.0 Å². The third kappa shape index (κ3) is 4.65. The Hall–Kier alpha value is -1.88. The fourth-order valence-electron chi connectivity index (χ4n) is 1.32. The van der Waals surface area contributed by atoms with Crippen LogP contribution in [0.5, 0.6) is 0 Å². The van der Waals surface area contributed by atoms with Crippen LogP contribution < -0.4 is 11.1 Å². The Kier molecular flexibility index (Phi) is 5.16. The van der Waals surface area contributed by atoms with Crippen LogP contribution in [0.3, 0.4) is 0 Å². The maximum atomic E-state index is 11.5. The van der Waals surface area contributed by atoms with Crippen molar-refractivity contribution in [1.82, 2.24) is 5.32 Å². The van der Waals surface area contributed by atoms with E-state index in [2.05, 4.69) is 10.1 Å². The summed E-state index contributed by atoms with van der Waals surface area (Å²) in [5.74, 6) is -0.857. The molecule has 0 heterocycles. The van der Waals surface area contributed by atoms with Gasteiger partial charge in [0.1, 0.15) is 6.54 Å². The third-order valence-electron chi connectivity index (χ3n) is 2.27. The van der Waals surface area contributed by atoms with E-state index in [-0.39, 0.29) is 12.5 Å². The van der Waals surface area contributed by atoms with Gasteiger partial charge in [-0.05, 0) is 12.0 Å². The molecule has 0 fully saturated rings. The molecule has 1 aromatic rings. The summed E-state index contributed by atoms with van der Waals surface area (Å²) in [7, 11) is 1.26. The van der Waals surface area contributed by atoms with Crippen molar-refractivity contribution in [3.05, 3.63) is 35.9 Å². The summed E-state index contributed by atoms with van der Waals surface area (Å²) in [5.41, 5.74) is 6.69. The number of hydrogen-bond donors (Lipinski definition) is 2.